The fraction of sp³-hybridized carbons (Fsp3) is 0.200. The first-order chi connectivity index (χ1) is 13.2. The molecule has 136 valence electrons. The summed E-state index contributed by atoms with van der Waals surface area (Å²) >= 11 is 0. The van der Waals surface area contributed by atoms with Gasteiger partial charge in [-0.2, -0.15) is 0 Å². The van der Waals surface area contributed by atoms with Crippen molar-refractivity contribution in [3.8, 4) is 0 Å². The van der Waals surface area contributed by atoms with Crippen LogP contribution in [0, 0.1) is 6.92 Å². The predicted molar refractivity (Wildman–Crippen MR) is 99.5 cm³/mol. The Bertz CT molecular complexity index is 1040. The zero-order valence-corrected chi connectivity index (χ0v) is 14.9. The van der Waals surface area contributed by atoms with E-state index in [-0.39, 0.29) is 17.6 Å². The first kappa shape index (κ1) is 17.0. The molecule has 1 N–H and O–H groups in total. The Morgan fingerprint density at radius 2 is 2.00 bits per heavy atom. The van der Waals surface area contributed by atoms with Gasteiger partial charge in [-0.3, -0.25) is 9.20 Å². The van der Waals surface area contributed by atoms with Gasteiger partial charge in [0.2, 0.25) is 5.82 Å². The van der Waals surface area contributed by atoms with Gasteiger partial charge in [-0.05, 0) is 37.1 Å². The number of carbonyl (C=O) groups is 1. The van der Waals surface area contributed by atoms with Crippen LogP contribution < -0.4 is 5.32 Å². The number of fused-ring (bicyclic) bond motifs is 1. The largest absolute Gasteiger partial charge is 0.469 e. The smallest absolute Gasteiger partial charge is 0.289 e. The van der Waals surface area contributed by atoms with Crippen LogP contribution in [0.5, 0.6) is 0 Å². The van der Waals surface area contributed by atoms with E-state index in [1.807, 2.05) is 43.3 Å². The maximum Gasteiger partial charge on any atom is 0.289 e. The monoisotopic (exact) mass is 361 g/mol. The molecule has 0 aliphatic heterocycles. The van der Waals surface area contributed by atoms with Crippen molar-refractivity contribution in [3.63, 3.8) is 0 Å². The fourth-order valence-electron chi connectivity index (χ4n) is 3.09. The van der Waals surface area contributed by atoms with Crippen molar-refractivity contribution >= 4 is 11.7 Å². The fourth-order valence-corrected chi connectivity index (χ4v) is 3.09. The predicted octanol–water partition coefficient (Wildman–Crippen LogP) is 2.98. The van der Waals surface area contributed by atoms with Crippen molar-refractivity contribution in [1.29, 1.82) is 0 Å². The molecule has 4 aromatic rings. The minimum atomic E-state index is -0.278. The average Bonchev–Trinajstić information content (AvgIpc) is 3.35. The second-order valence-corrected chi connectivity index (χ2v) is 6.29. The lowest BCUT2D eigenvalue weighted by Crippen LogP contribution is -2.27. The minimum absolute atomic E-state index is 0.0703. The summed E-state index contributed by atoms with van der Waals surface area (Å²) in [6, 6.07) is 15.8. The third kappa shape index (κ3) is 3.57. The number of aromatic nitrogens is 4. The molecule has 1 aromatic carbocycles. The summed E-state index contributed by atoms with van der Waals surface area (Å²) in [4.78, 5) is 16.8. The maximum atomic E-state index is 12.5. The standard InChI is InChI=1S/C20H19N5O2/c1-14-10-12-25-18(23-24-20(25)22-14)19(26)21-11-9-16(17-8-5-13-27-17)15-6-3-2-4-7-15/h2-8,10,12-13,16H,9,11H2,1H3,(H,21,26). The third-order valence-corrected chi connectivity index (χ3v) is 4.43. The lowest BCUT2D eigenvalue weighted by molar-refractivity contribution is 0.0941. The number of amides is 1. The molecular formula is C20H19N5O2. The van der Waals surface area contributed by atoms with Crippen LogP contribution >= 0.6 is 0 Å². The van der Waals surface area contributed by atoms with Crippen molar-refractivity contribution in [1.82, 2.24) is 24.9 Å². The normalized spacial score (nSPS) is 12.2. The lowest BCUT2D eigenvalue weighted by atomic mass is 9.93. The number of hydrogen-bond donors (Lipinski definition) is 1. The Kier molecular flexibility index (Phi) is 4.65. The molecule has 0 aliphatic carbocycles. The Balaban J connectivity index is 1.46. The van der Waals surface area contributed by atoms with Crippen molar-refractivity contribution in [2.75, 3.05) is 6.54 Å². The molecule has 0 radical (unpaired) electrons. The third-order valence-electron chi connectivity index (χ3n) is 4.43. The first-order valence-corrected chi connectivity index (χ1v) is 8.77. The van der Waals surface area contributed by atoms with Crippen LogP contribution in [0.4, 0.5) is 0 Å². The molecule has 27 heavy (non-hydrogen) atoms. The van der Waals surface area contributed by atoms with Gasteiger partial charge in [0, 0.05) is 24.4 Å². The van der Waals surface area contributed by atoms with E-state index in [9.17, 15) is 4.79 Å². The maximum absolute atomic E-state index is 12.5. The van der Waals surface area contributed by atoms with E-state index >= 15 is 0 Å². The van der Waals surface area contributed by atoms with Gasteiger partial charge < -0.3 is 9.73 Å². The van der Waals surface area contributed by atoms with Crippen molar-refractivity contribution in [3.05, 3.63) is 83.8 Å². The molecule has 1 atom stereocenters. The number of furan rings is 1. The first-order valence-electron chi connectivity index (χ1n) is 8.77. The van der Waals surface area contributed by atoms with Gasteiger partial charge in [-0.1, -0.05) is 30.3 Å². The highest BCUT2D eigenvalue weighted by atomic mass is 16.3. The number of aryl methyl sites for hydroxylation is 1. The molecule has 3 heterocycles. The van der Waals surface area contributed by atoms with Crippen LogP contribution in [0.15, 0.2) is 65.4 Å². The van der Waals surface area contributed by atoms with Gasteiger partial charge >= 0.3 is 0 Å². The van der Waals surface area contributed by atoms with Crippen LogP contribution in [0.2, 0.25) is 0 Å². The lowest BCUT2D eigenvalue weighted by Gasteiger charge is -2.15. The van der Waals surface area contributed by atoms with Crippen LogP contribution in [0.1, 0.15) is 40.0 Å². The van der Waals surface area contributed by atoms with Crippen molar-refractivity contribution < 1.29 is 9.21 Å². The number of nitrogens with one attached hydrogen (secondary N) is 1. The van der Waals surface area contributed by atoms with Gasteiger partial charge in [0.15, 0.2) is 0 Å². The summed E-state index contributed by atoms with van der Waals surface area (Å²) in [7, 11) is 0. The van der Waals surface area contributed by atoms with Gasteiger partial charge in [-0.25, -0.2) is 4.98 Å². The van der Waals surface area contributed by atoms with E-state index in [4.69, 9.17) is 4.42 Å². The molecule has 0 saturated heterocycles. The van der Waals surface area contributed by atoms with Gasteiger partial charge in [-0.15, -0.1) is 10.2 Å². The van der Waals surface area contributed by atoms with Crippen LogP contribution in [-0.4, -0.2) is 32.0 Å². The van der Waals surface area contributed by atoms with E-state index in [0.29, 0.717) is 18.7 Å². The van der Waals surface area contributed by atoms with Gasteiger partial charge in [0.1, 0.15) is 5.76 Å². The second-order valence-electron chi connectivity index (χ2n) is 6.29. The van der Waals surface area contributed by atoms with E-state index in [2.05, 4.69) is 32.6 Å². The number of carbonyl (C=O) groups excluding carboxylic acids is 1. The molecule has 0 spiro atoms. The summed E-state index contributed by atoms with van der Waals surface area (Å²) < 4.78 is 7.19. The molecule has 0 aliphatic rings. The highest BCUT2D eigenvalue weighted by Crippen LogP contribution is 2.27. The molecule has 7 nitrogen and oxygen atoms in total. The van der Waals surface area contributed by atoms with Gasteiger partial charge in [0.25, 0.3) is 11.7 Å². The number of benzene rings is 1. The Morgan fingerprint density at radius 3 is 2.78 bits per heavy atom. The molecule has 0 fully saturated rings. The molecule has 1 unspecified atom stereocenters. The molecule has 0 saturated carbocycles. The Hall–Kier alpha value is -3.48. The molecule has 7 heteroatoms. The van der Waals surface area contributed by atoms with E-state index < -0.39 is 0 Å². The van der Waals surface area contributed by atoms with Gasteiger partial charge in [0.05, 0.1) is 6.26 Å². The van der Waals surface area contributed by atoms with Crippen LogP contribution in [0.25, 0.3) is 5.78 Å². The SMILES string of the molecule is Cc1ccn2c(C(=O)NCCC(c3ccccc3)c3ccco3)nnc2n1. The topological polar surface area (TPSA) is 85.3 Å². The summed E-state index contributed by atoms with van der Waals surface area (Å²) in [5, 5.41) is 10.8. The van der Waals surface area contributed by atoms with E-state index in [0.717, 1.165) is 17.0 Å². The molecule has 1 amide bonds. The van der Waals surface area contributed by atoms with Crippen LogP contribution in [0.3, 0.4) is 0 Å². The zero-order valence-electron chi connectivity index (χ0n) is 14.9. The van der Waals surface area contributed by atoms with Crippen molar-refractivity contribution in [2.45, 2.75) is 19.3 Å². The zero-order chi connectivity index (χ0) is 18.6. The average molecular weight is 361 g/mol. The summed E-state index contributed by atoms with van der Waals surface area (Å²) in [6.45, 7) is 2.35. The Morgan fingerprint density at radius 1 is 1.15 bits per heavy atom. The second kappa shape index (κ2) is 7.41. The highest BCUT2D eigenvalue weighted by molar-refractivity contribution is 5.91. The van der Waals surface area contributed by atoms with E-state index in [1.54, 1.807) is 16.9 Å². The highest BCUT2D eigenvalue weighted by Gasteiger charge is 2.19. The molecule has 4 rings (SSSR count). The van der Waals surface area contributed by atoms with Crippen molar-refractivity contribution in [2.24, 2.45) is 0 Å². The molecule has 3 aromatic heterocycles. The number of hydrogen-bond acceptors (Lipinski definition) is 5. The van der Waals surface area contributed by atoms with E-state index in [1.165, 1.54) is 0 Å². The van der Waals surface area contributed by atoms with Crippen LogP contribution in [-0.2, 0) is 0 Å². The quantitative estimate of drug-likeness (QED) is 0.571. The summed E-state index contributed by atoms with van der Waals surface area (Å²) in [6.07, 6.45) is 4.13. The Labute approximate surface area is 156 Å². The number of nitrogens with zero attached hydrogens (tertiary/aromatic N) is 4. The number of rotatable bonds is 6. The summed E-state index contributed by atoms with van der Waals surface area (Å²) in [5.41, 5.74) is 1.97. The molecular weight excluding hydrogens is 342 g/mol. The minimum Gasteiger partial charge on any atom is -0.469 e. The molecule has 0 bridgehead atoms. The summed E-state index contributed by atoms with van der Waals surface area (Å²) in [5.74, 6) is 1.31.